The maximum absolute atomic E-state index is 13.3. The fraction of sp³-hybridized carbons (Fsp3) is 0.238. The van der Waals surface area contributed by atoms with Crippen LogP contribution in [0.4, 0.5) is 11.6 Å². The van der Waals surface area contributed by atoms with E-state index >= 15 is 0 Å². The molecule has 0 unspecified atom stereocenters. The molecule has 0 amide bonds. The fourth-order valence-electron chi connectivity index (χ4n) is 4.01. The van der Waals surface area contributed by atoms with E-state index in [0.29, 0.717) is 35.6 Å². The van der Waals surface area contributed by atoms with Crippen LogP contribution in [-0.2, 0) is 9.53 Å². The number of nitrogens with one attached hydrogen (secondary N) is 2. The topological polar surface area (TPSA) is 106 Å². The minimum atomic E-state index is -0.441. The average molecular weight is 422 g/mol. The summed E-state index contributed by atoms with van der Waals surface area (Å²) in [5.74, 6) is 0.668. The predicted molar refractivity (Wildman–Crippen MR) is 110 cm³/mol. The Bertz CT molecular complexity index is 1130. The highest BCUT2D eigenvalue weighted by molar-refractivity contribution is 7.10. The molecule has 0 saturated heterocycles. The van der Waals surface area contributed by atoms with Crippen molar-refractivity contribution in [3.05, 3.63) is 69.1 Å². The van der Waals surface area contributed by atoms with E-state index < -0.39 is 12.0 Å². The Morgan fingerprint density at radius 2 is 1.97 bits per heavy atom. The van der Waals surface area contributed by atoms with Crippen molar-refractivity contribution in [3.63, 3.8) is 0 Å². The lowest BCUT2D eigenvalue weighted by Crippen LogP contribution is -2.26. The van der Waals surface area contributed by atoms with Crippen molar-refractivity contribution in [2.75, 3.05) is 17.7 Å². The van der Waals surface area contributed by atoms with Gasteiger partial charge >= 0.3 is 5.97 Å². The van der Waals surface area contributed by atoms with Gasteiger partial charge in [0.2, 0.25) is 11.6 Å². The van der Waals surface area contributed by atoms with Gasteiger partial charge in [-0.15, -0.1) is 11.3 Å². The van der Waals surface area contributed by atoms with Gasteiger partial charge in [-0.1, -0.05) is 18.2 Å². The second-order valence-electron chi connectivity index (χ2n) is 7.21. The number of allylic oxidation sites excluding steroid dienone is 1. The van der Waals surface area contributed by atoms with E-state index in [1.807, 2.05) is 23.6 Å². The van der Waals surface area contributed by atoms with Crippen LogP contribution in [0.5, 0.6) is 0 Å². The molecule has 5 rings (SSSR count). The number of benzene rings is 1. The SMILES string of the molecule is COC(=O)c1ccc([C@H]2Nc3nonc3NC3=C2C(=O)C[C@@H](c2cccs2)C3)cc1. The molecule has 2 N–H and O–H groups in total. The van der Waals surface area contributed by atoms with E-state index in [1.165, 1.54) is 12.0 Å². The summed E-state index contributed by atoms with van der Waals surface area (Å²) in [5.41, 5.74) is 2.75. The summed E-state index contributed by atoms with van der Waals surface area (Å²) in [6.07, 6.45) is 1.13. The van der Waals surface area contributed by atoms with E-state index in [1.54, 1.807) is 23.5 Å². The third kappa shape index (κ3) is 3.17. The van der Waals surface area contributed by atoms with Crippen molar-refractivity contribution >= 4 is 34.7 Å². The standard InChI is InChI=1S/C21H18N4O4S/c1-28-21(27)12-6-4-11(5-7-12)18-17-14(22-19-20(23-18)25-29-24-19)9-13(10-15(17)26)16-3-2-8-30-16/h2-8,13,18H,9-10H2,1H3,(H,22,24)(H,23,25)/t13-,18+/m0/s1. The van der Waals surface area contributed by atoms with Gasteiger partial charge in [0.15, 0.2) is 5.78 Å². The van der Waals surface area contributed by atoms with Crippen LogP contribution in [0, 0.1) is 0 Å². The molecule has 3 aromatic rings. The quantitative estimate of drug-likeness (QED) is 0.612. The molecule has 0 bridgehead atoms. The van der Waals surface area contributed by atoms with E-state index in [-0.39, 0.29) is 11.7 Å². The maximum atomic E-state index is 13.3. The summed E-state index contributed by atoms with van der Waals surface area (Å²) >= 11 is 1.66. The first-order valence-corrected chi connectivity index (χ1v) is 10.4. The number of Topliss-reactive ketones (excluding diaryl/α,β-unsaturated/α-hetero) is 1. The van der Waals surface area contributed by atoms with Gasteiger partial charge in [0.1, 0.15) is 0 Å². The van der Waals surface area contributed by atoms with Crippen molar-refractivity contribution in [2.45, 2.75) is 24.8 Å². The second kappa shape index (κ2) is 7.42. The highest BCUT2D eigenvalue weighted by Crippen LogP contribution is 2.44. The van der Waals surface area contributed by atoms with E-state index in [4.69, 9.17) is 9.37 Å². The second-order valence-corrected chi connectivity index (χ2v) is 8.19. The number of ketones is 1. The van der Waals surface area contributed by atoms with Gasteiger partial charge in [0.05, 0.1) is 18.7 Å². The number of methoxy groups -OCH3 is 1. The molecule has 0 fully saturated rings. The zero-order chi connectivity index (χ0) is 20.7. The molecule has 9 heteroatoms. The van der Waals surface area contributed by atoms with Gasteiger partial charge in [0, 0.05) is 28.5 Å². The lowest BCUT2D eigenvalue weighted by molar-refractivity contribution is -0.116. The Hall–Kier alpha value is -3.46. The monoisotopic (exact) mass is 422 g/mol. The summed E-state index contributed by atoms with van der Waals surface area (Å²) in [5, 5.41) is 16.4. The zero-order valence-corrected chi connectivity index (χ0v) is 16.9. The molecule has 0 spiro atoms. The Labute approximate surface area is 175 Å². The van der Waals surface area contributed by atoms with E-state index in [0.717, 1.165) is 11.3 Å². The van der Waals surface area contributed by atoms with Gasteiger partial charge in [-0.05, 0) is 45.9 Å². The van der Waals surface area contributed by atoms with Crippen LogP contribution in [-0.4, -0.2) is 29.2 Å². The van der Waals surface area contributed by atoms with Crippen LogP contribution in [0.1, 0.15) is 45.6 Å². The fourth-order valence-corrected chi connectivity index (χ4v) is 4.84. The number of ether oxygens (including phenoxy) is 1. The minimum Gasteiger partial charge on any atom is -0.465 e. The van der Waals surface area contributed by atoms with Crippen LogP contribution in [0.3, 0.4) is 0 Å². The molecule has 2 atom stereocenters. The van der Waals surface area contributed by atoms with Crippen LogP contribution in [0.2, 0.25) is 0 Å². The number of anilines is 2. The van der Waals surface area contributed by atoms with E-state index in [9.17, 15) is 9.59 Å². The van der Waals surface area contributed by atoms with Crippen molar-refractivity contribution in [1.29, 1.82) is 0 Å². The number of esters is 1. The highest BCUT2D eigenvalue weighted by Gasteiger charge is 2.37. The Kier molecular flexibility index (Phi) is 4.59. The van der Waals surface area contributed by atoms with Crippen LogP contribution in [0.15, 0.2) is 57.7 Å². The molecule has 152 valence electrons. The number of aromatic nitrogens is 2. The highest BCUT2D eigenvalue weighted by atomic mass is 32.1. The molecule has 1 aliphatic heterocycles. The van der Waals surface area contributed by atoms with Gasteiger partial charge < -0.3 is 15.4 Å². The molecular formula is C21H18N4O4S. The molecule has 2 aromatic heterocycles. The summed E-state index contributed by atoms with van der Waals surface area (Å²) < 4.78 is 9.66. The first kappa shape index (κ1) is 18.6. The number of carbonyl (C=O) groups excluding carboxylic acids is 2. The Morgan fingerprint density at radius 3 is 2.70 bits per heavy atom. The van der Waals surface area contributed by atoms with Crippen molar-refractivity contribution in [2.24, 2.45) is 0 Å². The summed E-state index contributed by atoms with van der Waals surface area (Å²) in [4.78, 5) is 26.3. The number of thiophene rings is 1. The Morgan fingerprint density at radius 1 is 1.17 bits per heavy atom. The first-order valence-electron chi connectivity index (χ1n) is 9.48. The van der Waals surface area contributed by atoms with Crippen LogP contribution in [0.25, 0.3) is 0 Å². The van der Waals surface area contributed by atoms with Crippen LogP contribution < -0.4 is 10.6 Å². The maximum Gasteiger partial charge on any atom is 0.337 e. The van der Waals surface area contributed by atoms with Gasteiger partial charge in [-0.25, -0.2) is 9.42 Å². The van der Waals surface area contributed by atoms with Crippen molar-refractivity contribution in [1.82, 2.24) is 10.3 Å². The molecule has 8 nitrogen and oxygen atoms in total. The summed E-state index contributed by atoms with van der Waals surface area (Å²) in [6, 6.07) is 10.6. The molecule has 0 radical (unpaired) electrons. The minimum absolute atomic E-state index is 0.0683. The molecule has 3 heterocycles. The molecule has 1 aliphatic carbocycles. The molecule has 30 heavy (non-hydrogen) atoms. The van der Waals surface area contributed by atoms with Gasteiger partial charge in [-0.3, -0.25) is 4.79 Å². The average Bonchev–Trinajstić information content (AvgIpc) is 3.42. The molecule has 1 aromatic carbocycles. The summed E-state index contributed by atoms with van der Waals surface area (Å²) in [7, 11) is 1.34. The summed E-state index contributed by atoms with van der Waals surface area (Å²) in [6.45, 7) is 0. The Balaban J connectivity index is 1.56. The number of hydrogen-bond donors (Lipinski definition) is 2. The largest absolute Gasteiger partial charge is 0.465 e. The smallest absolute Gasteiger partial charge is 0.337 e. The normalized spacial score (nSPS) is 20.5. The molecule has 2 aliphatic rings. The van der Waals surface area contributed by atoms with Crippen molar-refractivity contribution < 1.29 is 19.0 Å². The first-order chi connectivity index (χ1) is 14.6. The van der Waals surface area contributed by atoms with Gasteiger partial charge in [0.25, 0.3) is 0 Å². The zero-order valence-electron chi connectivity index (χ0n) is 16.0. The third-order valence-electron chi connectivity index (χ3n) is 5.45. The number of rotatable bonds is 3. The molecule has 0 saturated carbocycles. The third-order valence-corrected chi connectivity index (χ3v) is 6.48. The lowest BCUT2D eigenvalue weighted by atomic mass is 9.81. The number of carbonyl (C=O) groups is 2. The lowest BCUT2D eigenvalue weighted by Gasteiger charge is -2.29. The predicted octanol–water partition coefficient (Wildman–Crippen LogP) is 3.90. The number of nitrogens with zero attached hydrogens (tertiary/aromatic N) is 2. The van der Waals surface area contributed by atoms with Crippen LogP contribution >= 0.6 is 11.3 Å². The van der Waals surface area contributed by atoms with E-state index in [2.05, 4.69) is 27.0 Å². The number of hydrogen-bond acceptors (Lipinski definition) is 9. The van der Waals surface area contributed by atoms with Gasteiger partial charge in [-0.2, -0.15) is 0 Å². The van der Waals surface area contributed by atoms with Crippen molar-refractivity contribution in [3.8, 4) is 0 Å². The molecular weight excluding hydrogens is 404 g/mol. The number of fused-ring (bicyclic) bond motifs is 1.